The SMILES string of the molecule is CS(=O)(=O)CCC(NS(=O)(=O)c1ccccc1Cl)C(=O)O. The second-order valence-electron chi connectivity index (χ2n) is 4.36. The lowest BCUT2D eigenvalue weighted by molar-refractivity contribution is -0.139. The van der Waals surface area contributed by atoms with E-state index < -0.39 is 37.6 Å². The highest BCUT2D eigenvalue weighted by Crippen LogP contribution is 2.20. The maximum atomic E-state index is 12.1. The van der Waals surface area contributed by atoms with Gasteiger partial charge in [0.05, 0.1) is 10.8 Å². The number of carbonyl (C=O) groups is 1. The third-order valence-corrected chi connectivity index (χ3v) is 5.45. The molecule has 21 heavy (non-hydrogen) atoms. The Morgan fingerprint density at radius 1 is 1.29 bits per heavy atom. The van der Waals surface area contributed by atoms with E-state index in [9.17, 15) is 21.6 Å². The summed E-state index contributed by atoms with van der Waals surface area (Å²) >= 11 is 5.76. The number of carboxylic acid groups (broad SMARTS) is 1. The van der Waals surface area contributed by atoms with Crippen molar-refractivity contribution in [2.45, 2.75) is 17.4 Å². The second-order valence-corrected chi connectivity index (χ2v) is 8.71. The van der Waals surface area contributed by atoms with Crippen LogP contribution in [0.5, 0.6) is 0 Å². The van der Waals surface area contributed by atoms with E-state index in [4.69, 9.17) is 16.7 Å². The number of benzene rings is 1. The molecule has 0 bridgehead atoms. The van der Waals surface area contributed by atoms with Crippen molar-refractivity contribution in [3.05, 3.63) is 29.3 Å². The quantitative estimate of drug-likeness (QED) is 0.735. The minimum Gasteiger partial charge on any atom is -0.480 e. The van der Waals surface area contributed by atoms with E-state index in [1.165, 1.54) is 24.3 Å². The van der Waals surface area contributed by atoms with Gasteiger partial charge in [0, 0.05) is 6.26 Å². The van der Waals surface area contributed by atoms with Crippen molar-refractivity contribution >= 4 is 37.4 Å². The molecule has 0 spiro atoms. The Bertz CT molecular complexity index is 729. The van der Waals surface area contributed by atoms with Gasteiger partial charge in [-0.05, 0) is 18.6 Å². The molecule has 0 aliphatic carbocycles. The van der Waals surface area contributed by atoms with E-state index in [1.807, 2.05) is 4.72 Å². The molecule has 0 saturated heterocycles. The highest BCUT2D eigenvalue weighted by atomic mass is 35.5. The number of sulfonamides is 1. The third-order valence-electron chi connectivity index (χ3n) is 2.50. The van der Waals surface area contributed by atoms with Crippen molar-refractivity contribution in [3.8, 4) is 0 Å². The summed E-state index contributed by atoms with van der Waals surface area (Å²) < 4.78 is 48.2. The molecule has 0 heterocycles. The zero-order valence-corrected chi connectivity index (χ0v) is 13.4. The molecular formula is C11H14ClNO6S2. The van der Waals surface area contributed by atoms with Crippen molar-refractivity contribution in [2.24, 2.45) is 0 Å². The summed E-state index contributed by atoms with van der Waals surface area (Å²) in [5.74, 6) is -1.91. The zero-order chi connectivity index (χ0) is 16.3. The molecule has 0 amide bonds. The fourth-order valence-electron chi connectivity index (χ4n) is 1.48. The minimum atomic E-state index is -4.16. The summed E-state index contributed by atoms with van der Waals surface area (Å²) in [4.78, 5) is 10.8. The fraction of sp³-hybridized carbons (Fsp3) is 0.364. The average Bonchev–Trinajstić information content (AvgIpc) is 2.33. The lowest BCUT2D eigenvalue weighted by Crippen LogP contribution is -2.41. The summed E-state index contributed by atoms with van der Waals surface area (Å²) in [5.41, 5.74) is 0. The van der Waals surface area contributed by atoms with E-state index in [0.29, 0.717) is 0 Å². The van der Waals surface area contributed by atoms with Crippen molar-refractivity contribution in [1.29, 1.82) is 0 Å². The van der Waals surface area contributed by atoms with Crippen LogP contribution in [-0.4, -0.2) is 46.0 Å². The molecule has 0 aromatic heterocycles. The topological polar surface area (TPSA) is 118 Å². The van der Waals surface area contributed by atoms with E-state index in [-0.39, 0.29) is 16.3 Å². The predicted molar refractivity (Wildman–Crippen MR) is 77.5 cm³/mol. The van der Waals surface area contributed by atoms with Crippen molar-refractivity contribution in [2.75, 3.05) is 12.0 Å². The Balaban J connectivity index is 2.98. The molecule has 0 radical (unpaired) electrons. The number of carboxylic acids is 1. The van der Waals surface area contributed by atoms with E-state index in [0.717, 1.165) is 6.26 Å². The minimum absolute atomic E-state index is 0.0581. The third kappa shape index (κ3) is 5.62. The van der Waals surface area contributed by atoms with Crippen LogP contribution >= 0.6 is 11.6 Å². The molecule has 0 saturated carbocycles. The maximum absolute atomic E-state index is 12.1. The van der Waals surface area contributed by atoms with Crippen LogP contribution in [0.1, 0.15) is 6.42 Å². The van der Waals surface area contributed by atoms with Crippen LogP contribution in [0.3, 0.4) is 0 Å². The van der Waals surface area contributed by atoms with Crippen LogP contribution in [0.25, 0.3) is 0 Å². The van der Waals surface area contributed by atoms with Crippen molar-refractivity contribution in [3.63, 3.8) is 0 Å². The molecule has 0 aliphatic heterocycles. The van der Waals surface area contributed by atoms with Crippen LogP contribution < -0.4 is 4.72 Å². The van der Waals surface area contributed by atoms with Gasteiger partial charge < -0.3 is 5.11 Å². The molecule has 0 aliphatic rings. The maximum Gasteiger partial charge on any atom is 0.321 e. The molecule has 118 valence electrons. The van der Waals surface area contributed by atoms with Gasteiger partial charge in [0.15, 0.2) is 0 Å². The van der Waals surface area contributed by atoms with Gasteiger partial charge in [0.25, 0.3) is 0 Å². The van der Waals surface area contributed by atoms with Gasteiger partial charge in [-0.15, -0.1) is 0 Å². The van der Waals surface area contributed by atoms with Crippen LogP contribution in [0.4, 0.5) is 0 Å². The number of nitrogens with one attached hydrogen (secondary N) is 1. The first kappa shape index (κ1) is 17.9. The summed E-state index contributed by atoms with van der Waals surface area (Å²) in [6.07, 6.45) is 0.562. The van der Waals surface area contributed by atoms with E-state index >= 15 is 0 Å². The molecule has 1 unspecified atom stereocenters. The van der Waals surface area contributed by atoms with Crippen LogP contribution in [-0.2, 0) is 24.7 Å². The molecule has 7 nitrogen and oxygen atoms in total. The lowest BCUT2D eigenvalue weighted by Gasteiger charge is -2.15. The zero-order valence-electron chi connectivity index (χ0n) is 11.0. The van der Waals surface area contributed by atoms with E-state index in [2.05, 4.69) is 0 Å². The summed E-state index contributed by atoms with van der Waals surface area (Å²) in [6.45, 7) is 0. The van der Waals surface area contributed by atoms with Crippen molar-refractivity contribution in [1.82, 2.24) is 4.72 Å². The molecule has 2 N–H and O–H groups in total. The standard InChI is InChI=1S/C11H14ClNO6S2/c1-20(16,17)7-6-9(11(14)15)13-21(18,19)10-5-3-2-4-8(10)12/h2-5,9,13H,6-7H2,1H3,(H,14,15). The van der Waals surface area contributed by atoms with Crippen molar-refractivity contribution < 1.29 is 26.7 Å². The highest BCUT2D eigenvalue weighted by Gasteiger charge is 2.27. The molecule has 0 fully saturated rings. The predicted octanol–water partition coefficient (Wildman–Crippen LogP) is 0.506. The van der Waals surface area contributed by atoms with E-state index in [1.54, 1.807) is 0 Å². The lowest BCUT2D eigenvalue weighted by atomic mass is 10.2. The van der Waals surface area contributed by atoms with Gasteiger partial charge in [-0.25, -0.2) is 16.8 Å². The number of rotatable bonds is 7. The number of halogens is 1. The molecular weight excluding hydrogens is 342 g/mol. The largest absolute Gasteiger partial charge is 0.480 e. The van der Waals surface area contributed by atoms with Crippen LogP contribution in [0.2, 0.25) is 5.02 Å². The second kappa shape index (κ2) is 6.73. The number of hydrogen-bond acceptors (Lipinski definition) is 5. The molecule has 1 aromatic carbocycles. The van der Waals surface area contributed by atoms with Gasteiger partial charge in [0.2, 0.25) is 10.0 Å². The first-order valence-corrected chi connectivity index (χ1v) is 9.62. The van der Waals surface area contributed by atoms with Gasteiger partial charge in [0.1, 0.15) is 20.8 Å². The van der Waals surface area contributed by atoms with Gasteiger partial charge in [-0.3, -0.25) is 4.79 Å². The first-order valence-electron chi connectivity index (χ1n) is 5.70. The van der Waals surface area contributed by atoms with Crippen LogP contribution in [0.15, 0.2) is 29.2 Å². The Morgan fingerprint density at radius 3 is 2.33 bits per heavy atom. The normalized spacial score (nSPS) is 13.8. The van der Waals surface area contributed by atoms with Gasteiger partial charge in [-0.2, -0.15) is 4.72 Å². The Morgan fingerprint density at radius 2 is 1.86 bits per heavy atom. The molecule has 1 atom stereocenters. The fourth-order valence-corrected chi connectivity index (χ4v) is 3.89. The molecule has 10 heteroatoms. The highest BCUT2D eigenvalue weighted by molar-refractivity contribution is 7.90. The average molecular weight is 356 g/mol. The summed E-state index contributed by atoms with van der Waals surface area (Å²) in [7, 11) is -7.57. The van der Waals surface area contributed by atoms with Gasteiger partial charge in [-0.1, -0.05) is 23.7 Å². The monoisotopic (exact) mass is 355 g/mol. The smallest absolute Gasteiger partial charge is 0.321 e. The first-order chi connectivity index (χ1) is 9.53. The molecule has 1 aromatic rings. The van der Waals surface area contributed by atoms with Gasteiger partial charge >= 0.3 is 5.97 Å². The number of aliphatic carboxylic acids is 1. The Hall–Kier alpha value is -1.16. The number of sulfone groups is 1. The molecule has 1 rings (SSSR count). The number of hydrogen-bond donors (Lipinski definition) is 2. The summed E-state index contributed by atoms with van der Waals surface area (Å²) in [6, 6.07) is 3.98. The Labute approximate surface area is 127 Å². The Kier molecular flexibility index (Phi) is 5.74. The summed E-state index contributed by atoms with van der Waals surface area (Å²) in [5, 5.41) is 8.94. The van der Waals surface area contributed by atoms with Crippen LogP contribution in [0, 0.1) is 0 Å².